The van der Waals surface area contributed by atoms with Crippen LogP contribution in [-0.2, 0) is 15.3 Å². The molecule has 0 saturated heterocycles. The maximum Gasteiger partial charge on any atom is 0.262 e. The second-order valence-corrected chi connectivity index (χ2v) is 9.06. The summed E-state index contributed by atoms with van der Waals surface area (Å²) in [6, 6.07) is 20.4. The summed E-state index contributed by atoms with van der Waals surface area (Å²) in [5, 5.41) is 7.16. The second kappa shape index (κ2) is 12.8. The third-order valence-electron chi connectivity index (χ3n) is 4.58. The van der Waals surface area contributed by atoms with Crippen LogP contribution in [0.25, 0.3) is 0 Å². The van der Waals surface area contributed by atoms with Gasteiger partial charge in [0.1, 0.15) is 5.75 Å². The highest BCUT2D eigenvalue weighted by Crippen LogP contribution is 2.20. The van der Waals surface area contributed by atoms with E-state index in [2.05, 4.69) is 47.9 Å². The zero-order valence-electron chi connectivity index (χ0n) is 19.0. The molecule has 0 saturated carbocycles. The number of nitrogens with one attached hydrogen (secondary N) is 2. The van der Waals surface area contributed by atoms with Crippen molar-refractivity contribution < 1.29 is 14.3 Å². The number of anilines is 1. The molecule has 0 unspecified atom stereocenters. The molecule has 8 heteroatoms. The van der Waals surface area contributed by atoms with Gasteiger partial charge in [0.25, 0.3) is 5.91 Å². The van der Waals surface area contributed by atoms with E-state index >= 15 is 0 Å². The standard InChI is InChI=1S/C26H26ClN3O3S/c1-18-11-19(2)13-21(12-18)16-34-17-26(32)30-28-14-20-7-9-22(10-8-20)33-15-25(31)29-24-6-4-3-5-23(24)27/h3-14H,15-17H2,1-2H3,(H,29,31)(H,30,32)/b28-14-. The Kier molecular flexibility index (Phi) is 9.55. The smallest absolute Gasteiger partial charge is 0.262 e. The fourth-order valence-electron chi connectivity index (χ4n) is 3.17. The van der Waals surface area contributed by atoms with E-state index < -0.39 is 0 Å². The number of halogens is 1. The van der Waals surface area contributed by atoms with Gasteiger partial charge in [0.05, 0.1) is 22.7 Å². The van der Waals surface area contributed by atoms with Gasteiger partial charge in [-0.2, -0.15) is 5.10 Å². The van der Waals surface area contributed by atoms with Crippen LogP contribution in [0.3, 0.4) is 0 Å². The van der Waals surface area contributed by atoms with Crippen LogP contribution >= 0.6 is 23.4 Å². The lowest BCUT2D eigenvalue weighted by Crippen LogP contribution is -2.20. The van der Waals surface area contributed by atoms with Gasteiger partial charge in [-0.3, -0.25) is 9.59 Å². The molecule has 6 nitrogen and oxygen atoms in total. The molecule has 0 atom stereocenters. The molecule has 176 valence electrons. The predicted octanol–water partition coefficient (Wildman–Crippen LogP) is 5.36. The van der Waals surface area contributed by atoms with Gasteiger partial charge < -0.3 is 10.1 Å². The van der Waals surface area contributed by atoms with Crippen LogP contribution in [-0.4, -0.2) is 30.4 Å². The molecule has 3 aromatic rings. The van der Waals surface area contributed by atoms with Gasteiger partial charge in [-0.25, -0.2) is 5.43 Å². The van der Waals surface area contributed by atoms with Crippen molar-refractivity contribution in [1.29, 1.82) is 0 Å². The van der Waals surface area contributed by atoms with Crippen molar-refractivity contribution in [3.05, 3.63) is 94.0 Å². The molecule has 0 aromatic heterocycles. The van der Waals surface area contributed by atoms with E-state index in [0.717, 1.165) is 11.3 Å². The number of thioether (sulfide) groups is 1. The van der Waals surface area contributed by atoms with Gasteiger partial charge >= 0.3 is 0 Å². The number of amides is 2. The fourth-order valence-corrected chi connectivity index (χ4v) is 4.11. The summed E-state index contributed by atoms with van der Waals surface area (Å²) in [4.78, 5) is 24.0. The van der Waals surface area contributed by atoms with Crippen molar-refractivity contribution in [1.82, 2.24) is 5.43 Å². The Balaban J connectivity index is 1.37. The Labute approximate surface area is 208 Å². The minimum atomic E-state index is -0.308. The Bertz CT molecular complexity index is 1150. The summed E-state index contributed by atoms with van der Waals surface area (Å²) in [6.07, 6.45) is 1.56. The van der Waals surface area contributed by atoms with Crippen LogP contribution in [0.5, 0.6) is 5.75 Å². The molecule has 0 radical (unpaired) electrons. The summed E-state index contributed by atoms with van der Waals surface area (Å²) in [5.74, 6) is 1.18. The molecule has 34 heavy (non-hydrogen) atoms. The Morgan fingerprint density at radius 3 is 2.41 bits per heavy atom. The van der Waals surface area contributed by atoms with Crippen molar-refractivity contribution in [2.24, 2.45) is 5.10 Å². The molecule has 0 aliphatic heterocycles. The Hall–Kier alpha value is -3.29. The first kappa shape index (κ1) is 25.3. The van der Waals surface area contributed by atoms with Crippen LogP contribution < -0.4 is 15.5 Å². The SMILES string of the molecule is Cc1cc(C)cc(CSCC(=O)N/N=C\c2ccc(OCC(=O)Nc3ccccc3Cl)cc2)c1. The van der Waals surface area contributed by atoms with E-state index in [1.807, 2.05) is 0 Å². The Morgan fingerprint density at radius 2 is 1.71 bits per heavy atom. The number of hydrazone groups is 1. The summed E-state index contributed by atoms with van der Waals surface area (Å²) < 4.78 is 5.50. The monoisotopic (exact) mass is 495 g/mol. The molecular formula is C26H26ClN3O3S. The van der Waals surface area contributed by atoms with Crippen LogP contribution in [0.2, 0.25) is 5.02 Å². The van der Waals surface area contributed by atoms with Crippen LogP contribution in [0.1, 0.15) is 22.3 Å². The molecule has 0 spiro atoms. The lowest BCUT2D eigenvalue weighted by Gasteiger charge is -2.08. The largest absolute Gasteiger partial charge is 0.484 e. The molecule has 2 N–H and O–H groups in total. The quantitative estimate of drug-likeness (QED) is 0.293. The summed E-state index contributed by atoms with van der Waals surface area (Å²) in [7, 11) is 0. The normalized spacial score (nSPS) is 10.8. The summed E-state index contributed by atoms with van der Waals surface area (Å²) in [6.45, 7) is 4.00. The lowest BCUT2D eigenvalue weighted by atomic mass is 10.1. The highest BCUT2D eigenvalue weighted by molar-refractivity contribution is 7.99. The second-order valence-electron chi connectivity index (χ2n) is 7.67. The van der Waals surface area contributed by atoms with E-state index in [4.69, 9.17) is 16.3 Å². The molecule has 0 aliphatic carbocycles. The first-order valence-corrected chi connectivity index (χ1v) is 12.2. The average molecular weight is 496 g/mol. The minimum absolute atomic E-state index is 0.144. The summed E-state index contributed by atoms with van der Waals surface area (Å²) in [5.41, 5.74) is 7.52. The van der Waals surface area contributed by atoms with E-state index in [0.29, 0.717) is 22.2 Å². The maximum absolute atomic E-state index is 12.0. The topological polar surface area (TPSA) is 79.8 Å². The molecule has 0 fully saturated rings. The zero-order chi connectivity index (χ0) is 24.3. The van der Waals surface area contributed by atoms with Gasteiger partial charge in [0.2, 0.25) is 5.91 Å². The first-order valence-electron chi connectivity index (χ1n) is 10.6. The Morgan fingerprint density at radius 1 is 1.00 bits per heavy atom. The average Bonchev–Trinajstić information content (AvgIpc) is 2.79. The number of carbonyl (C=O) groups is 2. The summed E-state index contributed by atoms with van der Waals surface area (Å²) >= 11 is 7.58. The van der Waals surface area contributed by atoms with E-state index in [1.165, 1.54) is 16.7 Å². The molecular weight excluding hydrogens is 470 g/mol. The van der Waals surface area contributed by atoms with Gasteiger partial charge in [-0.15, -0.1) is 11.8 Å². The van der Waals surface area contributed by atoms with E-state index in [9.17, 15) is 9.59 Å². The van der Waals surface area contributed by atoms with Gasteiger partial charge in [-0.05, 0) is 61.4 Å². The van der Waals surface area contributed by atoms with Crippen molar-refractivity contribution in [3.63, 3.8) is 0 Å². The van der Waals surface area contributed by atoms with Crippen molar-refractivity contribution in [2.75, 3.05) is 17.7 Å². The molecule has 3 aromatic carbocycles. The number of hydrogen-bond acceptors (Lipinski definition) is 5. The van der Waals surface area contributed by atoms with Crippen LogP contribution in [0.4, 0.5) is 5.69 Å². The molecule has 3 rings (SSSR count). The molecule has 2 amide bonds. The number of rotatable bonds is 10. The van der Waals surface area contributed by atoms with Gasteiger partial charge in [0, 0.05) is 5.75 Å². The predicted molar refractivity (Wildman–Crippen MR) is 140 cm³/mol. The third-order valence-corrected chi connectivity index (χ3v) is 5.92. The molecule has 0 bridgehead atoms. The van der Waals surface area contributed by atoms with Crippen LogP contribution in [0, 0.1) is 13.8 Å². The fraction of sp³-hybridized carbons (Fsp3) is 0.192. The van der Waals surface area contributed by atoms with Gasteiger partial charge in [0.15, 0.2) is 6.61 Å². The number of carbonyl (C=O) groups excluding carboxylic acids is 2. The van der Waals surface area contributed by atoms with E-state index in [-0.39, 0.29) is 18.4 Å². The molecule has 0 heterocycles. The number of ether oxygens (including phenoxy) is 1. The lowest BCUT2D eigenvalue weighted by molar-refractivity contribution is -0.119. The van der Waals surface area contributed by atoms with Crippen molar-refractivity contribution >= 4 is 47.1 Å². The minimum Gasteiger partial charge on any atom is -0.484 e. The van der Waals surface area contributed by atoms with Gasteiger partial charge in [-0.1, -0.05) is 53.1 Å². The first-order chi connectivity index (χ1) is 16.4. The van der Waals surface area contributed by atoms with Crippen molar-refractivity contribution in [3.8, 4) is 5.75 Å². The number of hydrogen-bond donors (Lipinski definition) is 2. The maximum atomic E-state index is 12.0. The molecule has 0 aliphatic rings. The number of para-hydroxylation sites is 1. The zero-order valence-corrected chi connectivity index (χ0v) is 20.6. The number of benzene rings is 3. The highest BCUT2D eigenvalue weighted by atomic mass is 35.5. The van der Waals surface area contributed by atoms with Crippen molar-refractivity contribution in [2.45, 2.75) is 19.6 Å². The number of aryl methyl sites for hydroxylation is 2. The number of nitrogens with zero attached hydrogens (tertiary/aromatic N) is 1. The van der Waals surface area contributed by atoms with E-state index in [1.54, 1.807) is 66.5 Å². The highest BCUT2D eigenvalue weighted by Gasteiger charge is 2.06. The third kappa shape index (κ3) is 8.57. The van der Waals surface area contributed by atoms with Crippen LogP contribution in [0.15, 0.2) is 71.8 Å².